The van der Waals surface area contributed by atoms with Crippen molar-refractivity contribution in [1.29, 1.82) is 0 Å². The molecule has 5 nitrogen and oxygen atoms in total. The molecule has 0 bridgehead atoms. The maximum absolute atomic E-state index is 12.1. The molecule has 0 spiro atoms. The van der Waals surface area contributed by atoms with Gasteiger partial charge in [-0.15, -0.1) is 12.4 Å². The number of rotatable bonds is 3. The predicted octanol–water partition coefficient (Wildman–Crippen LogP) is 1.73. The average molecular weight is 309 g/mol. The number of hydrogen-bond donors (Lipinski definition) is 1. The zero-order valence-electron chi connectivity index (χ0n) is 11.6. The lowest BCUT2D eigenvalue weighted by Crippen LogP contribution is -2.40. The number of methoxy groups -OCH3 is 1. The molecule has 0 saturated carbocycles. The Labute approximate surface area is 129 Å². The van der Waals surface area contributed by atoms with Crippen molar-refractivity contribution in [3.05, 3.63) is 42.5 Å². The van der Waals surface area contributed by atoms with Gasteiger partial charge in [0.25, 0.3) is 0 Å². The molecule has 0 fully saturated rings. The molecule has 0 atom stereocenters. The first-order valence-electron chi connectivity index (χ1n) is 6.26. The lowest BCUT2D eigenvalue weighted by molar-refractivity contribution is -0.151. The SMILES string of the molecule is COC(=O)C(=O)N(CCN)c1cccc2ccccc12.Cl. The maximum atomic E-state index is 12.1. The Balaban J connectivity index is 0.00000220. The van der Waals surface area contributed by atoms with Crippen LogP contribution in [0.5, 0.6) is 0 Å². The molecule has 2 aromatic carbocycles. The van der Waals surface area contributed by atoms with Gasteiger partial charge in [0.2, 0.25) is 0 Å². The van der Waals surface area contributed by atoms with E-state index in [1.165, 1.54) is 12.0 Å². The summed E-state index contributed by atoms with van der Waals surface area (Å²) in [6.45, 7) is 0.508. The van der Waals surface area contributed by atoms with Gasteiger partial charge >= 0.3 is 11.9 Å². The summed E-state index contributed by atoms with van der Waals surface area (Å²) in [6.07, 6.45) is 0. The zero-order valence-corrected chi connectivity index (χ0v) is 12.4. The fourth-order valence-corrected chi connectivity index (χ4v) is 2.10. The number of ether oxygens (including phenoxy) is 1. The highest BCUT2D eigenvalue weighted by Crippen LogP contribution is 2.26. The van der Waals surface area contributed by atoms with Crippen molar-refractivity contribution < 1.29 is 14.3 Å². The molecule has 2 aromatic rings. The molecular formula is C15H17ClN2O3. The average Bonchev–Trinajstić information content (AvgIpc) is 2.50. The monoisotopic (exact) mass is 308 g/mol. The van der Waals surface area contributed by atoms with Crippen LogP contribution in [-0.4, -0.2) is 32.1 Å². The Morgan fingerprint density at radius 1 is 1.14 bits per heavy atom. The quantitative estimate of drug-likeness (QED) is 0.692. The van der Waals surface area contributed by atoms with Crippen LogP contribution in [0.15, 0.2) is 42.5 Å². The van der Waals surface area contributed by atoms with Crippen molar-refractivity contribution in [2.45, 2.75) is 0 Å². The van der Waals surface area contributed by atoms with Crippen LogP contribution in [0.25, 0.3) is 10.8 Å². The Hall–Kier alpha value is -2.11. The lowest BCUT2D eigenvalue weighted by Gasteiger charge is -2.22. The van der Waals surface area contributed by atoms with E-state index in [0.717, 1.165) is 10.8 Å². The summed E-state index contributed by atoms with van der Waals surface area (Å²) < 4.78 is 4.50. The molecule has 0 aromatic heterocycles. The van der Waals surface area contributed by atoms with Crippen molar-refractivity contribution in [3.63, 3.8) is 0 Å². The molecule has 2 rings (SSSR count). The van der Waals surface area contributed by atoms with E-state index in [0.29, 0.717) is 5.69 Å². The molecule has 6 heteroatoms. The number of carbonyl (C=O) groups is 2. The first kappa shape index (κ1) is 16.9. The summed E-state index contributed by atoms with van der Waals surface area (Å²) in [6, 6.07) is 13.2. The molecule has 0 radical (unpaired) electrons. The van der Waals surface area contributed by atoms with Crippen molar-refractivity contribution >= 4 is 40.7 Å². The first-order chi connectivity index (χ1) is 9.69. The molecule has 0 heterocycles. The van der Waals surface area contributed by atoms with Crippen LogP contribution in [0.1, 0.15) is 0 Å². The number of halogens is 1. The number of amides is 1. The molecular weight excluding hydrogens is 292 g/mol. The largest absolute Gasteiger partial charge is 0.462 e. The van der Waals surface area contributed by atoms with E-state index in [4.69, 9.17) is 5.73 Å². The van der Waals surface area contributed by atoms with Crippen LogP contribution >= 0.6 is 12.4 Å². The summed E-state index contributed by atoms with van der Waals surface area (Å²) in [4.78, 5) is 24.9. The minimum absolute atomic E-state index is 0. The Morgan fingerprint density at radius 3 is 2.48 bits per heavy atom. The number of anilines is 1. The Kier molecular flexibility index (Phi) is 6.14. The Morgan fingerprint density at radius 2 is 1.81 bits per heavy atom. The highest BCUT2D eigenvalue weighted by atomic mass is 35.5. The molecule has 0 saturated heterocycles. The van der Waals surface area contributed by atoms with E-state index in [9.17, 15) is 9.59 Å². The number of hydrogen-bond acceptors (Lipinski definition) is 4. The van der Waals surface area contributed by atoms with Gasteiger partial charge in [0.15, 0.2) is 0 Å². The van der Waals surface area contributed by atoms with Crippen molar-refractivity contribution in [1.82, 2.24) is 0 Å². The van der Waals surface area contributed by atoms with Crippen LogP contribution in [0, 0.1) is 0 Å². The number of carbonyl (C=O) groups excluding carboxylic acids is 2. The van der Waals surface area contributed by atoms with E-state index < -0.39 is 11.9 Å². The fraction of sp³-hybridized carbons (Fsp3) is 0.200. The summed E-state index contributed by atoms with van der Waals surface area (Å²) in [5.41, 5.74) is 6.20. The van der Waals surface area contributed by atoms with Crippen LogP contribution < -0.4 is 10.6 Å². The van der Waals surface area contributed by atoms with Crippen LogP contribution in [0.2, 0.25) is 0 Å². The number of nitrogens with zero attached hydrogens (tertiary/aromatic N) is 1. The molecule has 0 aliphatic rings. The third-order valence-electron chi connectivity index (χ3n) is 3.02. The van der Waals surface area contributed by atoms with Crippen molar-refractivity contribution in [3.8, 4) is 0 Å². The van der Waals surface area contributed by atoms with Gasteiger partial charge < -0.3 is 15.4 Å². The van der Waals surface area contributed by atoms with Gasteiger partial charge in [-0.2, -0.15) is 0 Å². The molecule has 0 aliphatic heterocycles. The summed E-state index contributed by atoms with van der Waals surface area (Å²) >= 11 is 0. The lowest BCUT2D eigenvalue weighted by atomic mass is 10.1. The molecule has 1 amide bonds. The molecule has 2 N–H and O–H groups in total. The molecule has 21 heavy (non-hydrogen) atoms. The van der Waals surface area contributed by atoms with Gasteiger partial charge in [0.05, 0.1) is 12.8 Å². The zero-order chi connectivity index (χ0) is 14.5. The summed E-state index contributed by atoms with van der Waals surface area (Å²) in [5, 5.41) is 1.88. The number of benzene rings is 2. The van der Waals surface area contributed by atoms with Crippen molar-refractivity contribution in [2.75, 3.05) is 25.1 Å². The molecule has 0 aliphatic carbocycles. The second kappa shape index (κ2) is 7.61. The van der Waals surface area contributed by atoms with E-state index in [1.807, 2.05) is 36.4 Å². The smallest absolute Gasteiger partial charge is 0.397 e. The van der Waals surface area contributed by atoms with Crippen LogP contribution in [0.4, 0.5) is 5.69 Å². The number of nitrogens with two attached hydrogens (primary N) is 1. The van der Waals surface area contributed by atoms with Gasteiger partial charge in [-0.1, -0.05) is 36.4 Å². The third-order valence-corrected chi connectivity index (χ3v) is 3.02. The maximum Gasteiger partial charge on any atom is 0.397 e. The normalized spacial score (nSPS) is 9.81. The minimum Gasteiger partial charge on any atom is -0.462 e. The van der Waals surface area contributed by atoms with E-state index in [1.54, 1.807) is 6.07 Å². The van der Waals surface area contributed by atoms with Crippen molar-refractivity contribution in [2.24, 2.45) is 5.73 Å². The first-order valence-corrected chi connectivity index (χ1v) is 6.26. The van der Waals surface area contributed by atoms with Crippen LogP contribution in [0.3, 0.4) is 0 Å². The fourth-order valence-electron chi connectivity index (χ4n) is 2.10. The second-order valence-electron chi connectivity index (χ2n) is 4.24. The van der Waals surface area contributed by atoms with Gasteiger partial charge in [-0.25, -0.2) is 4.79 Å². The topological polar surface area (TPSA) is 72.6 Å². The molecule has 0 unspecified atom stereocenters. The van der Waals surface area contributed by atoms with Crippen LogP contribution in [-0.2, 0) is 14.3 Å². The predicted molar refractivity (Wildman–Crippen MR) is 84.6 cm³/mol. The number of fused-ring (bicyclic) bond motifs is 1. The standard InChI is InChI=1S/C15H16N2O3.ClH/c1-20-15(19)14(18)17(10-9-16)13-8-4-6-11-5-2-3-7-12(11)13;/h2-8H,9-10,16H2,1H3;1H. The Bertz CT molecular complexity index is 640. The third kappa shape index (κ3) is 3.51. The minimum atomic E-state index is -0.897. The summed E-state index contributed by atoms with van der Waals surface area (Å²) in [7, 11) is 1.18. The second-order valence-corrected chi connectivity index (χ2v) is 4.24. The molecule has 112 valence electrons. The van der Waals surface area contributed by atoms with E-state index in [-0.39, 0.29) is 25.5 Å². The highest BCUT2D eigenvalue weighted by Gasteiger charge is 2.24. The van der Waals surface area contributed by atoms with Gasteiger partial charge in [0.1, 0.15) is 0 Å². The van der Waals surface area contributed by atoms with Gasteiger partial charge in [0, 0.05) is 18.5 Å². The summed E-state index contributed by atoms with van der Waals surface area (Å²) in [5.74, 6) is -1.61. The number of esters is 1. The highest BCUT2D eigenvalue weighted by molar-refractivity contribution is 6.38. The van der Waals surface area contributed by atoms with E-state index >= 15 is 0 Å². The van der Waals surface area contributed by atoms with E-state index in [2.05, 4.69) is 4.74 Å². The van der Waals surface area contributed by atoms with Gasteiger partial charge in [-0.3, -0.25) is 4.79 Å². The van der Waals surface area contributed by atoms with Gasteiger partial charge in [-0.05, 0) is 11.5 Å².